The number of sulfonamides is 1. The predicted octanol–water partition coefficient (Wildman–Crippen LogP) is 5.27. The molecule has 4 aromatic rings. The summed E-state index contributed by atoms with van der Waals surface area (Å²) in [6.07, 6.45) is 4.36. The summed E-state index contributed by atoms with van der Waals surface area (Å²) in [6.45, 7) is 1.03. The van der Waals surface area contributed by atoms with Crippen molar-refractivity contribution in [3.05, 3.63) is 90.2 Å². The van der Waals surface area contributed by atoms with E-state index < -0.39 is 10.0 Å². The van der Waals surface area contributed by atoms with Gasteiger partial charge in [0.05, 0.1) is 24.7 Å². The predicted molar refractivity (Wildman–Crippen MR) is 143 cm³/mol. The van der Waals surface area contributed by atoms with Crippen molar-refractivity contribution in [2.75, 3.05) is 25.5 Å². The molecule has 1 aliphatic heterocycles. The van der Waals surface area contributed by atoms with Gasteiger partial charge in [0.25, 0.3) is 0 Å². The second-order valence-corrected chi connectivity index (χ2v) is 11.3. The lowest BCUT2D eigenvalue weighted by Gasteiger charge is -2.31. The maximum atomic E-state index is 13.2. The number of hydrogen-bond acceptors (Lipinski definition) is 5. The Morgan fingerprint density at radius 1 is 1.03 bits per heavy atom. The summed E-state index contributed by atoms with van der Waals surface area (Å²) in [7, 11) is -1.99. The zero-order valence-electron chi connectivity index (χ0n) is 20.7. The van der Waals surface area contributed by atoms with Gasteiger partial charge in [0.15, 0.2) is 0 Å². The molecule has 0 atom stereocenters. The standard InChI is InChI=1S/C29H30N2O5S/c1-35-25-9-12-28-27(19-25)23(20-36-28)18-29(32)30-24-7-10-26(11-8-24)37(33,34)31-15-13-22(14-16-31)17-21-5-3-2-4-6-21/h2-12,19-20,22H,13-18H2,1H3,(H,30,32). The minimum absolute atomic E-state index is 0.123. The summed E-state index contributed by atoms with van der Waals surface area (Å²) in [5.74, 6) is 0.953. The molecule has 0 spiro atoms. The fourth-order valence-corrected chi connectivity index (χ4v) is 6.33. The van der Waals surface area contributed by atoms with Gasteiger partial charge < -0.3 is 14.5 Å². The Labute approximate surface area is 217 Å². The first-order chi connectivity index (χ1) is 17.9. The van der Waals surface area contributed by atoms with Gasteiger partial charge in [-0.15, -0.1) is 0 Å². The lowest BCUT2D eigenvalue weighted by atomic mass is 9.91. The zero-order chi connectivity index (χ0) is 25.8. The molecule has 192 valence electrons. The highest BCUT2D eigenvalue weighted by Gasteiger charge is 2.29. The average molecular weight is 519 g/mol. The Bertz CT molecular complexity index is 1470. The first-order valence-electron chi connectivity index (χ1n) is 12.4. The first-order valence-corrected chi connectivity index (χ1v) is 13.8. The normalized spacial score (nSPS) is 15.1. The third-order valence-electron chi connectivity index (χ3n) is 6.93. The second-order valence-electron chi connectivity index (χ2n) is 9.41. The van der Waals surface area contributed by atoms with Crippen molar-refractivity contribution in [2.24, 2.45) is 5.92 Å². The molecule has 1 N–H and O–H groups in total. The number of amides is 1. The highest BCUT2D eigenvalue weighted by Crippen LogP contribution is 2.28. The van der Waals surface area contributed by atoms with Gasteiger partial charge in [0.1, 0.15) is 11.3 Å². The van der Waals surface area contributed by atoms with Crippen LogP contribution in [-0.4, -0.2) is 38.8 Å². The second kappa shape index (κ2) is 10.8. The molecule has 5 rings (SSSR count). The highest BCUT2D eigenvalue weighted by atomic mass is 32.2. The van der Waals surface area contributed by atoms with Gasteiger partial charge in [-0.3, -0.25) is 4.79 Å². The van der Waals surface area contributed by atoms with Crippen molar-refractivity contribution in [2.45, 2.75) is 30.6 Å². The summed E-state index contributed by atoms with van der Waals surface area (Å²) < 4.78 is 38.8. The van der Waals surface area contributed by atoms with Crippen molar-refractivity contribution in [1.82, 2.24) is 4.31 Å². The Kier molecular flexibility index (Phi) is 7.30. The molecule has 3 aromatic carbocycles. The summed E-state index contributed by atoms with van der Waals surface area (Å²) in [6, 6.07) is 22.1. The van der Waals surface area contributed by atoms with E-state index in [1.54, 1.807) is 54.1 Å². The number of piperidine rings is 1. The number of nitrogens with one attached hydrogen (secondary N) is 1. The minimum atomic E-state index is -3.58. The number of methoxy groups -OCH3 is 1. The maximum Gasteiger partial charge on any atom is 0.243 e. The SMILES string of the molecule is COc1ccc2occ(CC(=O)Nc3ccc(S(=O)(=O)N4CCC(Cc5ccccc5)CC4)cc3)c2c1. The molecule has 8 heteroatoms. The van der Waals surface area contributed by atoms with Crippen LogP contribution < -0.4 is 10.1 Å². The lowest BCUT2D eigenvalue weighted by Crippen LogP contribution is -2.38. The van der Waals surface area contributed by atoms with Crippen molar-refractivity contribution >= 4 is 32.6 Å². The Balaban J connectivity index is 1.18. The third-order valence-corrected chi connectivity index (χ3v) is 8.84. The number of carbonyl (C=O) groups is 1. The lowest BCUT2D eigenvalue weighted by molar-refractivity contribution is -0.115. The van der Waals surface area contributed by atoms with E-state index in [1.807, 2.05) is 24.3 Å². The molecule has 0 bridgehead atoms. The van der Waals surface area contributed by atoms with Crippen molar-refractivity contribution < 1.29 is 22.4 Å². The highest BCUT2D eigenvalue weighted by molar-refractivity contribution is 7.89. The number of carbonyl (C=O) groups excluding carboxylic acids is 1. The summed E-state index contributed by atoms with van der Waals surface area (Å²) in [5, 5.41) is 3.66. The molecule has 1 aromatic heterocycles. The van der Waals surface area contributed by atoms with Crippen molar-refractivity contribution in [3.63, 3.8) is 0 Å². The van der Waals surface area contributed by atoms with Gasteiger partial charge >= 0.3 is 0 Å². The van der Waals surface area contributed by atoms with E-state index in [1.165, 1.54) is 5.56 Å². The van der Waals surface area contributed by atoms with E-state index in [-0.39, 0.29) is 17.2 Å². The van der Waals surface area contributed by atoms with Crippen LogP contribution in [0.5, 0.6) is 5.75 Å². The molecule has 0 unspecified atom stereocenters. The van der Waals surface area contributed by atoms with Crippen molar-refractivity contribution in [3.8, 4) is 5.75 Å². The number of benzene rings is 3. The smallest absolute Gasteiger partial charge is 0.243 e. The van der Waals surface area contributed by atoms with E-state index in [0.29, 0.717) is 36.0 Å². The topological polar surface area (TPSA) is 88.8 Å². The van der Waals surface area contributed by atoms with Crippen LogP contribution in [0, 0.1) is 5.92 Å². The van der Waals surface area contributed by atoms with Crippen molar-refractivity contribution in [1.29, 1.82) is 0 Å². The van der Waals surface area contributed by atoms with Gasteiger partial charge in [-0.05, 0) is 73.2 Å². The molecular weight excluding hydrogens is 488 g/mol. The molecule has 0 radical (unpaired) electrons. The molecule has 37 heavy (non-hydrogen) atoms. The number of nitrogens with zero attached hydrogens (tertiary/aromatic N) is 1. The molecule has 1 amide bonds. The Hall–Kier alpha value is -3.62. The molecule has 1 aliphatic rings. The quantitative estimate of drug-likeness (QED) is 0.343. The molecule has 0 aliphatic carbocycles. The fourth-order valence-electron chi connectivity index (χ4n) is 4.86. The van der Waals surface area contributed by atoms with Crippen LogP contribution in [0.3, 0.4) is 0 Å². The van der Waals surface area contributed by atoms with Crippen LogP contribution in [0.2, 0.25) is 0 Å². The number of fused-ring (bicyclic) bond motifs is 1. The first kappa shape index (κ1) is 25.0. The molecule has 0 saturated carbocycles. The molecule has 2 heterocycles. The van der Waals surface area contributed by atoms with Crippen LogP contribution in [-0.2, 0) is 27.7 Å². The summed E-state index contributed by atoms with van der Waals surface area (Å²) >= 11 is 0. The Morgan fingerprint density at radius 3 is 2.46 bits per heavy atom. The van der Waals surface area contributed by atoms with Crippen LogP contribution in [0.25, 0.3) is 11.0 Å². The third kappa shape index (κ3) is 5.70. The molecule has 7 nitrogen and oxygen atoms in total. The zero-order valence-corrected chi connectivity index (χ0v) is 21.5. The number of anilines is 1. The van der Waals surface area contributed by atoms with Gasteiger partial charge in [0, 0.05) is 29.7 Å². The van der Waals surface area contributed by atoms with Crippen LogP contribution >= 0.6 is 0 Å². The number of furan rings is 1. The monoisotopic (exact) mass is 518 g/mol. The summed E-state index contributed by atoms with van der Waals surface area (Å²) in [5.41, 5.74) is 3.27. The molecule has 1 saturated heterocycles. The van der Waals surface area contributed by atoms with E-state index >= 15 is 0 Å². The Morgan fingerprint density at radius 2 is 1.76 bits per heavy atom. The van der Waals surface area contributed by atoms with Gasteiger partial charge in [-0.1, -0.05) is 30.3 Å². The minimum Gasteiger partial charge on any atom is -0.497 e. The van der Waals surface area contributed by atoms with Gasteiger partial charge in [-0.25, -0.2) is 8.42 Å². The molecule has 1 fully saturated rings. The number of rotatable bonds is 8. The van der Waals surface area contributed by atoms with Gasteiger partial charge in [-0.2, -0.15) is 4.31 Å². The largest absolute Gasteiger partial charge is 0.497 e. The fraction of sp³-hybridized carbons (Fsp3) is 0.276. The van der Waals surface area contributed by atoms with E-state index in [9.17, 15) is 13.2 Å². The summed E-state index contributed by atoms with van der Waals surface area (Å²) in [4.78, 5) is 12.9. The van der Waals surface area contributed by atoms with E-state index in [4.69, 9.17) is 9.15 Å². The maximum absolute atomic E-state index is 13.2. The van der Waals surface area contributed by atoms with E-state index in [2.05, 4.69) is 17.4 Å². The molecular formula is C29H30N2O5S. The number of ether oxygens (including phenoxy) is 1. The van der Waals surface area contributed by atoms with Crippen LogP contribution in [0.1, 0.15) is 24.0 Å². The van der Waals surface area contributed by atoms with Gasteiger partial charge in [0.2, 0.25) is 15.9 Å². The van der Waals surface area contributed by atoms with Crippen LogP contribution in [0.15, 0.2) is 88.4 Å². The average Bonchev–Trinajstić information content (AvgIpc) is 3.31. The van der Waals surface area contributed by atoms with E-state index in [0.717, 1.165) is 30.2 Å². The number of hydrogen-bond donors (Lipinski definition) is 1. The van der Waals surface area contributed by atoms with Crippen LogP contribution in [0.4, 0.5) is 5.69 Å².